The van der Waals surface area contributed by atoms with Gasteiger partial charge in [-0.15, -0.1) is 0 Å². The first-order valence-corrected chi connectivity index (χ1v) is 10.3. The number of imidazole rings is 1. The van der Waals surface area contributed by atoms with E-state index in [9.17, 15) is 14.4 Å². The number of hydrogen-bond acceptors (Lipinski definition) is 5. The van der Waals surface area contributed by atoms with E-state index in [-0.39, 0.29) is 24.7 Å². The highest BCUT2D eigenvalue weighted by Crippen LogP contribution is 2.23. The minimum absolute atomic E-state index is 0.0169. The van der Waals surface area contributed by atoms with Crippen molar-refractivity contribution in [3.05, 3.63) is 66.2 Å². The first-order chi connectivity index (χ1) is 15.4. The van der Waals surface area contributed by atoms with Crippen LogP contribution >= 0.6 is 0 Å². The van der Waals surface area contributed by atoms with Crippen LogP contribution in [0.1, 0.15) is 17.7 Å². The van der Waals surface area contributed by atoms with Gasteiger partial charge in [0.25, 0.3) is 5.91 Å². The van der Waals surface area contributed by atoms with Crippen molar-refractivity contribution in [3.63, 3.8) is 0 Å². The molecule has 5 N–H and O–H groups in total. The highest BCUT2D eigenvalue weighted by molar-refractivity contribution is 5.92. The molecule has 0 saturated heterocycles. The first kappa shape index (κ1) is 23.0. The third-order valence-electron chi connectivity index (χ3n) is 5.39. The third kappa shape index (κ3) is 5.70. The highest BCUT2D eigenvalue weighted by Gasteiger charge is 2.28. The molecule has 32 heavy (non-hydrogen) atoms. The molecule has 1 heterocycles. The molecule has 1 unspecified atom stereocenters. The van der Waals surface area contributed by atoms with Crippen LogP contribution in [0.4, 0.5) is 0 Å². The predicted molar refractivity (Wildman–Crippen MR) is 121 cm³/mol. The van der Waals surface area contributed by atoms with Crippen LogP contribution in [0.3, 0.4) is 0 Å². The molecule has 0 fully saturated rings. The van der Waals surface area contributed by atoms with Crippen molar-refractivity contribution >= 4 is 28.5 Å². The van der Waals surface area contributed by atoms with Crippen LogP contribution in [0.15, 0.2) is 55.0 Å². The van der Waals surface area contributed by atoms with Gasteiger partial charge in [-0.1, -0.05) is 42.5 Å². The first-order valence-electron chi connectivity index (χ1n) is 10.3. The number of carbonyl (C=O) groups is 3. The lowest BCUT2D eigenvalue weighted by Crippen LogP contribution is -2.52. The van der Waals surface area contributed by atoms with Crippen molar-refractivity contribution in [2.45, 2.75) is 25.3 Å². The number of amides is 3. The number of aromatic nitrogens is 2. The predicted octanol–water partition coefficient (Wildman–Crippen LogP) is 0.917. The molecular formula is C23H28N6O3. The van der Waals surface area contributed by atoms with Gasteiger partial charge in [-0.05, 0) is 22.8 Å². The molecule has 0 saturated carbocycles. The van der Waals surface area contributed by atoms with Gasteiger partial charge in [0.1, 0.15) is 6.04 Å². The molecule has 3 rings (SSSR count). The maximum absolute atomic E-state index is 13.3. The van der Waals surface area contributed by atoms with Gasteiger partial charge in [0.2, 0.25) is 11.8 Å². The fraction of sp³-hybridized carbons (Fsp3) is 0.304. The minimum atomic E-state index is -0.905. The number of hydrogen-bond donors (Lipinski definition) is 4. The maximum atomic E-state index is 13.3. The number of nitrogens with zero attached hydrogens (tertiary/aromatic N) is 2. The zero-order chi connectivity index (χ0) is 23.1. The molecule has 0 bridgehead atoms. The van der Waals surface area contributed by atoms with Crippen molar-refractivity contribution < 1.29 is 14.4 Å². The third-order valence-corrected chi connectivity index (χ3v) is 5.39. The van der Waals surface area contributed by atoms with Crippen LogP contribution in [-0.4, -0.2) is 52.7 Å². The summed E-state index contributed by atoms with van der Waals surface area (Å²) in [4.78, 5) is 46.4. The average Bonchev–Trinajstić information content (AvgIpc) is 3.30. The van der Waals surface area contributed by atoms with Crippen molar-refractivity contribution in [3.8, 4) is 0 Å². The molecule has 9 heteroatoms. The second-order valence-corrected chi connectivity index (χ2v) is 7.88. The normalized spacial score (nSPS) is 12.7. The van der Waals surface area contributed by atoms with E-state index in [1.165, 1.54) is 11.2 Å². The van der Waals surface area contributed by atoms with Crippen LogP contribution in [0, 0.1) is 5.92 Å². The van der Waals surface area contributed by atoms with Crippen molar-refractivity contribution in [2.75, 3.05) is 14.1 Å². The quantitative estimate of drug-likeness (QED) is 0.225. The number of nitrogens with one attached hydrogen (secondary N) is 3. The van der Waals surface area contributed by atoms with Gasteiger partial charge in [0.15, 0.2) is 0 Å². The molecule has 0 aliphatic rings. The Balaban J connectivity index is 1.85. The van der Waals surface area contributed by atoms with Crippen LogP contribution in [-0.2, 0) is 27.2 Å². The van der Waals surface area contributed by atoms with Gasteiger partial charge in [0, 0.05) is 38.8 Å². The van der Waals surface area contributed by atoms with Gasteiger partial charge in [-0.25, -0.2) is 10.8 Å². The number of H-pyrrole nitrogens is 1. The smallest absolute Gasteiger partial charge is 0.256 e. The summed E-state index contributed by atoms with van der Waals surface area (Å²) in [5.41, 5.74) is 3.73. The molecule has 0 aliphatic heterocycles. The molecule has 9 nitrogen and oxygen atoms in total. The average molecular weight is 437 g/mol. The van der Waals surface area contributed by atoms with E-state index in [4.69, 9.17) is 5.84 Å². The lowest BCUT2D eigenvalue weighted by molar-refractivity contribution is -0.136. The molecule has 0 aliphatic carbocycles. The number of carbonyl (C=O) groups excluding carboxylic acids is 3. The van der Waals surface area contributed by atoms with Crippen molar-refractivity contribution in [2.24, 2.45) is 11.8 Å². The number of aromatic amines is 1. The molecular weight excluding hydrogens is 408 g/mol. The van der Waals surface area contributed by atoms with E-state index in [1.54, 1.807) is 20.3 Å². The fourth-order valence-corrected chi connectivity index (χ4v) is 3.60. The summed E-state index contributed by atoms with van der Waals surface area (Å²) >= 11 is 0. The molecule has 3 amide bonds. The van der Waals surface area contributed by atoms with Gasteiger partial charge >= 0.3 is 0 Å². The molecule has 2 atom stereocenters. The summed E-state index contributed by atoms with van der Waals surface area (Å²) in [7, 11) is 3.30. The number of fused-ring (bicyclic) bond motifs is 1. The van der Waals surface area contributed by atoms with E-state index < -0.39 is 17.9 Å². The van der Waals surface area contributed by atoms with E-state index in [0.717, 1.165) is 16.3 Å². The zero-order valence-electron chi connectivity index (χ0n) is 18.2. The Bertz CT molecular complexity index is 1080. The Labute approximate surface area is 186 Å². The van der Waals surface area contributed by atoms with Crippen molar-refractivity contribution in [1.82, 2.24) is 25.6 Å². The Morgan fingerprint density at radius 2 is 1.81 bits per heavy atom. The SMILES string of the molecule is CN(C)C(=O)CC(Cc1cccc2ccccc12)C(=O)N[C@@H](Cc1cnc[nH]1)C(=O)NN. The number of benzene rings is 2. The van der Waals surface area contributed by atoms with Crippen LogP contribution in [0.2, 0.25) is 0 Å². The molecule has 1 aromatic heterocycles. The van der Waals surface area contributed by atoms with Crippen LogP contribution in [0.25, 0.3) is 10.8 Å². The number of rotatable bonds is 9. The fourth-order valence-electron chi connectivity index (χ4n) is 3.60. The molecule has 0 spiro atoms. The molecule has 0 radical (unpaired) electrons. The van der Waals surface area contributed by atoms with E-state index in [0.29, 0.717) is 12.1 Å². The summed E-state index contributed by atoms with van der Waals surface area (Å²) in [6.45, 7) is 0. The summed E-state index contributed by atoms with van der Waals surface area (Å²) in [6, 6.07) is 12.9. The zero-order valence-corrected chi connectivity index (χ0v) is 18.2. The van der Waals surface area contributed by atoms with Crippen LogP contribution in [0.5, 0.6) is 0 Å². The van der Waals surface area contributed by atoms with E-state index in [2.05, 4.69) is 20.7 Å². The van der Waals surface area contributed by atoms with E-state index in [1.807, 2.05) is 42.5 Å². The Morgan fingerprint density at radius 1 is 1.06 bits per heavy atom. The minimum Gasteiger partial charge on any atom is -0.349 e. The lowest BCUT2D eigenvalue weighted by Gasteiger charge is -2.23. The van der Waals surface area contributed by atoms with Gasteiger partial charge < -0.3 is 15.2 Å². The molecule has 2 aromatic carbocycles. The monoisotopic (exact) mass is 436 g/mol. The number of nitrogens with two attached hydrogens (primary N) is 1. The summed E-state index contributed by atoms with van der Waals surface area (Å²) < 4.78 is 0. The second kappa shape index (κ2) is 10.5. The maximum Gasteiger partial charge on any atom is 0.256 e. The summed E-state index contributed by atoms with van der Waals surface area (Å²) in [5.74, 6) is 3.57. The van der Waals surface area contributed by atoms with Crippen molar-refractivity contribution in [1.29, 1.82) is 0 Å². The second-order valence-electron chi connectivity index (χ2n) is 7.88. The largest absolute Gasteiger partial charge is 0.349 e. The van der Waals surface area contributed by atoms with E-state index >= 15 is 0 Å². The molecule has 168 valence electrons. The van der Waals surface area contributed by atoms with Gasteiger partial charge in [-0.3, -0.25) is 19.8 Å². The Morgan fingerprint density at radius 3 is 2.50 bits per heavy atom. The molecule has 3 aromatic rings. The van der Waals surface area contributed by atoms with Gasteiger partial charge in [-0.2, -0.15) is 0 Å². The van der Waals surface area contributed by atoms with Gasteiger partial charge in [0.05, 0.1) is 12.2 Å². The topological polar surface area (TPSA) is 133 Å². The summed E-state index contributed by atoms with van der Waals surface area (Å²) in [6.07, 6.45) is 3.63. The lowest BCUT2D eigenvalue weighted by atomic mass is 9.91. The Kier molecular flexibility index (Phi) is 7.56. The summed E-state index contributed by atoms with van der Waals surface area (Å²) in [5, 5.41) is 4.85. The highest BCUT2D eigenvalue weighted by atomic mass is 16.2. The number of hydrazine groups is 1. The Hall–Kier alpha value is -3.72. The van der Waals surface area contributed by atoms with Crippen LogP contribution < -0.4 is 16.6 Å². The standard InChI is InChI=1S/C23H28N6O3/c1-29(2)21(30)11-17(10-16-8-5-7-15-6-3-4-9-19(15)16)22(31)27-20(23(32)28-24)12-18-13-25-14-26-18/h3-9,13-14,17,20H,10-12,24H2,1-2H3,(H,25,26)(H,27,31)(H,28,32)/t17?,20-/m0/s1.